The maximum Gasteiger partial charge on any atom is 0.310 e. The van der Waals surface area contributed by atoms with Crippen LogP contribution in [0.2, 0.25) is 0 Å². The van der Waals surface area contributed by atoms with Crippen LogP contribution in [0.1, 0.15) is 12.5 Å². The van der Waals surface area contributed by atoms with Crippen LogP contribution in [0.25, 0.3) is 0 Å². The minimum atomic E-state index is -0.226. The fourth-order valence-electron chi connectivity index (χ4n) is 0.908. The molecular formula is C9H11Br2NO2. The molecule has 1 aromatic heterocycles. The first kappa shape index (κ1) is 13.6. The molecule has 1 rings (SSSR count). The number of hydrogen-bond acceptors (Lipinski definition) is 3. The van der Waals surface area contributed by atoms with E-state index in [-0.39, 0.29) is 29.4 Å². The first-order valence-electron chi connectivity index (χ1n) is 3.98. The standard InChI is InChI=1S/C9H10BrNO2.BrH/c1-2-13-9(12)5-7-6-11-4-3-8(7)10;/h3-4,6H,2,5H2,1H3;1H. The average molecular weight is 325 g/mol. The van der Waals surface area contributed by atoms with Crippen molar-refractivity contribution in [2.75, 3.05) is 6.61 Å². The molecule has 3 nitrogen and oxygen atoms in total. The molecule has 0 aromatic carbocycles. The Bertz CT molecular complexity index is 305. The van der Waals surface area contributed by atoms with E-state index in [1.54, 1.807) is 25.4 Å². The lowest BCUT2D eigenvalue weighted by atomic mass is 10.2. The van der Waals surface area contributed by atoms with Crippen molar-refractivity contribution in [1.82, 2.24) is 4.98 Å². The Balaban J connectivity index is 0.00000169. The summed E-state index contributed by atoms with van der Waals surface area (Å²) < 4.78 is 5.70. The molecule has 0 N–H and O–H groups in total. The van der Waals surface area contributed by atoms with Gasteiger partial charge in [-0.15, -0.1) is 17.0 Å². The van der Waals surface area contributed by atoms with Crippen LogP contribution in [-0.4, -0.2) is 17.6 Å². The Morgan fingerprint density at radius 3 is 2.93 bits per heavy atom. The van der Waals surface area contributed by atoms with E-state index in [2.05, 4.69) is 20.9 Å². The summed E-state index contributed by atoms with van der Waals surface area (Å²) in [6, 6.07) is 1.80. The molecule has 0 fully saturated rings. The first-order valence-corrected chi connectivity index (χ1v) is 4.77. The maximum atomic E-state index is 11.1. The lowest BCUT2D eigenvalue weighted by molar-refractivity contribution is -0.142. The van der Waals surface area contributed by atoms with E-state index >= 15 is 0 Å². The molecule has 1 heterocycles. The maximum absolute atomic E-state index is 11.1. The summed E-state index contributed by atoms with van der Waals surface area (Å²) in [6.07, 6.45) is 3.59. The summed E-state index contributed by atoms with van der Waals surface area (Å²) in [7, 11) is 0. The second kappa shape index (κ2) is 6.95. The Labute approximate surface area is 102 Å². The third-order valence-corrected chi connectivity index (χ3v) is 2.26. The van der Waals surface area contributed by atoms with E-state index in [1.165, 1.54) is 0 Å². The third-order valence-electron chi connectivity index (χ3n) is 1.48. The highest BCUT2D eigenvalue weighted by Crippen LogP contribution is 2.15. The Morgan fingerprint density at radius 1 is 1.64 bits per heavy atom. The number of carbonyl (C=O) groups is 1. The number of aromatic nitrogens is 1. The van der Waals surface area contributed by atoms with Gasteiger partial charge < -0.3 is 4.74 Å². The van der Waals surface area contributed by atoms with E-state index in [9.17, 15) is 4.79 Å². The fraction of sp³-hybridized carbons (Fsp3) is 0.333. The van der Waals surface area contributed by atoms with Crippen LogP contribution < -0.4 is 0 Å². The first-order chi connectivity index (χ1) is 6.24. The summed E-state index contributed by atoms with van der Waals surface area (Å²) in [5.74, 6) is -0.226. The average Bonchev–Trinajstić information content (AvgIpc) is 2.09. The minimum absolute atomic E-state index is 0. The highest BCUT2D eigenvalue weighted by Gasteiger charge is 2.06. The van der Waals surface area contributed by atoms with E-state index in [4.69, 9.17) is 4.74 Å². The Morgan fingerprint density at radius 2 is 2.36 bits per heavy atom. The number of rotatable bonds is 3. The predicted molar refractivity (Wildman–Crippen MR) is 62.6 cm³/mol. The van der Waals surface area contributed by atoms with Crippen molar-refractivity contribution in [3.63, 3.8) is 0 Å². The molecule has 78 valence electrons. The molecule has 0 aliphatic rings. The fourth-order valence-corrected chi connectivity index (χ4v) is 1.27. The van der Waals surface area contributed by atoms with Gasteiger partial charge in [0.15, 0.2) is 0 Å². The normalized spacial score (nSPS) is 9.00. The van der Waals surface area contributed by atoms with E-state index in [1.807, 2.05) is 0 Å². The molecule has 0 atom stereocenters. The van der Waals surface area contributed by atoms with Crippen LogP contribution in [0.4, 0.5) is 0 Å². The summed E-state index contributed by atoms with van der Waals surface area (Å²) in [5.41, 5.74) is 0.848. The van der Waals surface area contributed by atoms with Crippen LogP contribution in [0.3, 0.4) is 0 Å². The quantitative estimate of drug-likeness (QED) is 0.802. The highest BCUT2D eigenvalue weighted by atomic mass is 79.9. The monoisotopic (exact) mass is 323 g/mol. The van der Waals surface area contributed by atoms with Crippen molar-refractivity contribution in [2.24, 2.45) is 0 Å². The minimum Gasteiger partial charge on any atom is -0.466 e. The van der Waals surface area contributed by atoms with Crippen LogP contribution in [0.5, 0.6) is 0 Å². The van der Waals surface area contributed by atoms with Gasteiger partial charge in [0.05, 0.1) is 13.0 Å². The molecule has 0 aliphatic carbocycles. The zero-order valence-electron chi connectivity index (χ0n) is 7.70. The second-order valence-electron chi connectivity index (χ2n) is 2.45. The molecule has 0 bridgehead atoms. The van der Waals surface area contributed by atoms with Gasteiger partial charge in [-0.3, -0.25) is 9.78 Å². The smallest absolute Gasteiger partial charge is 0.310 e. The lowest BCUT2D eigenvalue weighted by Gasteiger charge is -2.02. The largest absolute Gasteiger partial charge is 0.466 e. The van der Waals surface area contributed by atoms with Crippen molar-refractivity contribution < 1.29 is 9.53 Å². The Hall–Kier alpha value is -0.420. The molecule has 0 unspecified atom stereocenters. The van der Waals surface area contributed by atoms with Gasteiger partial charge in [0.25, 0.3) is 0 Å². The van der Waals surface area contributed by atoms with Gasteiger partial charge in [0, 0.05) is 16.9 Å². The van der Waals surface area contributed by atoms with Crippen molar-refractivity contribution in [3.8, 4) is 0 Å². The molecule has 14 heavy (non-hydrogen) atoms. The summed E-state index contributed by atoms with van der Waals surface area (Å²) >= 11 is 3.33. The number of nitrogens with zero attached hydrogens (tertiary/aromatic N) is 1. The van der Waals surface area contributed by atoms with Crippen LogP contribution in [-0.2, 0) is 16.0 Å². The van der Waals surface area contributed by atoms with Crippen molar-refractivity contribution in [1.29, 1.82) is 0 Å². The summed E-state index contributed by atoms with van der Waals surface area (Å²) in [4.78, 5) is 15.0. The molecule has 1 aromatic rings. The summed E-state index contributed by atoms with van der Waals surface area (Å²) in [6.45, 7) is 2.20. The molecule has 0 saturated heterocycles. The van der Waals surface area contributed by atoms with Crippen LogP contribution in [0.15, 0.2) is 22.9 Å². The molecule has 0 saturated carbocycles. The van der Waals surface area contributed by atoms with Gasteiger partial charge in [-0.05, 0) is 18.6 Å². The zero-order chi connectivity index (χ0) is 9.68. The Kier molecular flexibility index (Phi) is 6.74. The SMILES string of the molecule is Br.CCOC(=O)Cc1cnccc1Br. The number of carbonyl (C=O) groups excluding carboxylic acids is 1. The van der Waals surface area contributed by atoms with Crippen LogP contribution in [0, 0.1) is 0 Å². The zero-order valence-corrected chi connectivity index (χ0v) is 11.0. The van der Waals surface area contributed by atoms with Gasteiger partial charge in [-0.25, -0.2) is 0 Å². The number of ether oxygens (including phenoxy) is 1. The van der Waals surface area contributed by atoms with E-state index in [0.717, 1.165) is 10.0 Å². The van der Waals surface area contributed by atoms with Crippen LogP contribution >= 0.6 is 32.9 Å². The highest BCUT2D eigenvalue weighted by molar-refractivity contribution is 9.10. The molecule has 5 heteroatoms. The molecule has 0 aliphatic heterocycles. The van der Waals surface area contributed by atoms with Crippen molar-refractivity contribution >= 4 is 38.9 Å². The predicted octanol–water partition coefficient (Wildman–Crippen LogP) is 2.53. The second-order valence-corrected chi connectivity index (χ2v) is 3.30. The molecule has 0 spiro atoms. The van der Waals surface area contributed by atoms with Gasteiger partial charge in [0.2, 0.25) is 0 Å². The van der Waals surface area contributed by atoms with Gasteiger partial charge in [-0.2, -0.15) is 0 Å². The van der Waals surface area contributed by atoms with Gasteiger partial charge in [-0.1, -0.05) is 15.9 Å². The number of pyridine rings is 1. The van der Waals surface area contributed by atoms with E-state index in [0.29, 0.717) is 6.61 Å². The molecule has 0 amide bonds. The van der Waals surface area contributed by atoms with E-state index < -0.39 is 0 Å². The number of esters is 1. The lowest BCUT2D eigenvalue weighted by Crippen LogP contribution is -2.07. The third kappa shape index (κ3) is 4.19. The van der Waals surface area contributed by atoms with Gasteiger partial charge >= 0.3 is 5.97 Å². The number of hydrogen-bond donors (Lipinski definition) is 0. The molecule has 0 radical (unpaired) electrons. The molecular weight excluding hydrogens is 314 g/mol. The van der Waals surface area contributed by atoms with Crippen molar-refractivity contribution in [3.05, 3.63) is 28.5 Å². The van der Waals surface area contributed by atoms with Crippen molar-refractivity contribution in [2.45, 2.75) is 13.3 Å². The topological polar surface area (TPSA) is 39.2 Å². The van der Waals surface area contributed by atoms with Gasteiger partial charge in [0.1, 0.15) is 0 Å². The number of halogens is 2. The summed E-state index contributed by atoms with van der Waals surface area (Å²) in [5, 5.41) is 0.